The van der Waals surface area contributed by atoms with Crippen molar-refractivity contribution in [2.24, 2.45) is 0 Å². The van der Waals surface area contributed by atoms with Gasteiger partial charge >= 0.3 is 5.97 Å². The molecule has 0 bridgehead atoms. The fourth-order valence-corrected chi connectivity index (χ4v) is 5.00. The van der Waals surface area contributed by atoms with E-state index in [0.29, 0.717) is 36.6 Å². The molecule has 1 aliphatic carbocycles. The molecule has 37 heavy (non-hydrogen) atoms. The molecule has 0 aliphatic heterocycles. The van der Waals surface area contributed by atoms with E-state index in [4.69, 9.17) is 21.3 Å². The Kier molecular flexibility index (Phi) is 5.79. The molecule has 188 valence electrons. The van der Waals surface area contributed by atoms with E-state index in [1.54, 1.807) is 29.5 Å². The third kappa shape index (κ3) is 4.29. The average molecular weight is 517 g/mol. The van der Waals surface area contributed by atoms with Gasteiger partial charge < -0.3 is 13.5 Å². The van der Waals surface area contributed by atoms with Crippen LogP contribution in [0.2, 0.25) is 5.02 Å². The lowest BCUT2D eigenvalue weighted by atomic mass is 9.97. The lowest BCUT2D eigenvalue weighted by Crippen LogP contribution is -2.24. The van der Waals surface area contributed by atoms with Gasteiger partial charge in [-0.2, -0.15) is 5.10 Å². The molecular formula is C27H25ClN6O3. The summed E-state index contributed by atoms with van der Waals surface area (Å²) in [5, 5.41) is 5.01. The summed E-state index contributed by atoms with van der Waals surface area (Å²) in [5.74, 6) is -0.189. The topological polar surface area (TPSA) is 95.8 Å². The van der Waals surface area contributed by atoms with E-state index in [2.05, 4.69) is 10.1 Å². The van der Waals surface area contributed by atoms with E-state index in [9.17, 15) is 9.59 Å². The van der Waals surface area contributed by atoms with Crippen molar-refractivity contribution in [3.63, 3.8) is 0 Å². The van der Waals surface area contributed by atoms with Crippen molar-refractivity contribution in [2.75, 3.05) is 6.61 Å². The number of halogens is 1. The predicted octanol–water partition coefficient (Wildman–Crippen LogP) is 4.29. The van der Waals surface area contributed by atoms with Gasteiger partial charge in [0.2, 0.25) is 0 Å². The number of aromatic nitrogens is 6. The van der Waals surface area contributed by atoms with Crippen molar-refractivity contribution in [2.45, 2.75) is 44.6 Å². The van der Waals surface area contributed by atoms with Crippen LogP contribution < -0.4 is 0 Å². The minimum absolute atomic E-state index is 0.00294. The van der Waals surface area contributed by atoms with Gasteiger partial charge in [-0.05, 0) is 44.4 Å². The van der Waals surface area contributed by atoms with Gasteiger partial charge in [0.15, 0.2) is 5.78 Å². The first-order valence-corrected chi connectivity index (χ1v) is 12.7. The number of esters is 1. The molecule has 0 N–H and O–H groups in total. The van der Waals surface area contributed by atoms with Crippen molar-refractivity contribution in [1.82, 2.24) is 28.5 Å². The highest BCUT2D eigenvalue weighted by Gasteiger charge is 2.54. The highest BCUT2D eigenvalue weighted by molar-refractivity contribution is 6.30. The largest absolute Gasteiger partial charge is 0.465 e. The first-order chi connectivity index (χ1) is 18.0. The molecule has 6 rings (SSSR count). The number of hydrogen-bond acceptors (Lipinski definition) is 6. The first-order valence-electron chi connectivity index (χ1n) is 12.3. The van der Waals surface area contributed by atoms with Crippen LogP contribution in [0.1, 0.15) is 53.5 Å². The minimum Gasteiger partial charge on any atom is -0.465 e. The summed E-state index contributed by atoms with van der Waals surface area (Å²) in [7, 11) is 0. The number of aryl methyl sites for hydroxylation is 1. The molecule has 1 fully saturated rings. The molecular weight excluding hydrogens is 492 g/mol. The van der Waals surface area contributed by atoms with Gasteiger partial charge in [0.25, 0.3) is 0 Å². The lowest BCUT2D eigenvalue weighted by molar-refractivity contribution is -0.146. The highest BCUT2D eigenvalue weighted by atomic mass is 35.5. The fourth-order valence-electron chi connectivity index (χ4n) is 4.84. The molecule has 5 aromatic rings. The van der Waals surface area contributed by atoms with E-state index in [1.807, 2.05) is 52.5 Å². The number of nitrogens with zero attached hydrogens (tertiary/aromatic N) is 6. The van der Waals surface area contributed by atoms with Crippen LogP contribution in [0.15, 0.2) is 61.6 Å². The van der Waals surface area contributed by atoms with Crippen LogP contribution in [0.25, 0.3) is 11.2 Å². The molecule has 0 radical (unpaired) electrons. The normalized spacial score (nSPS) is 14.3. The zero-order valence-electron chi connectivity index (χ0n) is 20.3. The van der Waals surface area contributed by atoms with Crippen LogP contribution in [0, 0.1) is 0 Å². The van der Waals surface area contributed by atoms with Crippen molar-refractivity contribution >= 4 is 34.5 Å². The Hall–Kier alpha value is -3.98. The maximum absolute atomic E-state index is 12.9. The summed E-state index contributed by atoms with van der Waals surface area (Å²) < 4.78 is 10.9. The zero-order valence-corrected chi connectivity index (χ0v) is 21.1. The van der Waals surface area contributed by atoms with Gasteiger partial charge in [0.05, 0.1) is 53.6 Å². The van der Waals surface area contributed by atoms with E-state index >= 15 is 0 Å². The monoisotopic (exact) mass is 516 g/mol. The Morgan fingerprint density at radius 2 is 2.03 bits per heavy atom. The fraction of sp³-hybridized carbons (Fsp3) is 0.296. The van der Waals surface area contributed by atoms with Crippen LogP contribution in [-0.2, 0) is 27.9 Å². The van der Waals surface area contributed by atoms with Crippen molar-refractivity contribution in [3.8, 4) is 0 Å². The third-order valence-corrected chi connectivity index (χ3v) is 7.15. The summed E-state index contributed by atoms with van der Waals surface area (Å²) in [6.45, 7) is 2.59. The Labute approximate surface area is 217 Å². The Bertz CT molecular complexity index is 1640. The molecule has 5 heterocycles. The molecule has 0 amide bonds. The predicted molar refractivity (Wildman–Crippen MR) is 137 cm³/mol. The maximum atomic E-state index is 12.9. The second-order valence-electron chi connectivity index (χ2n) is 9.37. The molecule has 0 spiro atoms. The van der Waals surface area contributed by atoms with Gasteiger partial charge in [-0.25, -0.2) is 9.97 Å². The summed E-state index contributed by atoms with van der Waals surface area (Å²) in [6, 6.07) is 7.53. The Morgan fingerprint density at radius 3 is 2.84 bits per heavy atom. The van der Waals surface area contributed by atoms with Gasteiger partial charge in [-0.3, -0.25) is 14.3 Å². The SMILES string of the molecule is CCOC(=O)C1(c2cccn3cc(Cn4cc(C(=O)CCc5ncn6ccc(Cl)cc56)cn4)nc23)CC1. The zero-order chi connectivity index (χ0) is 25.6. The van der Waals surface area contributed by atoms with Crippen molar-refractivity contribution in [1.29, 1.82) is 0 Å². The number of carbonyl (C=O) groups is 2. The van der Waals surface area contributed by atoms with Crippen LogP contribution in [0.3, 0.4) is 0 Å². The van der Waals surface area contributed by atoms with Gasteiger partial charge in [0.1, 0.15) is 5.65 Å². The standard InChI is InChI=1S/C27H25ClN6O3/c1-2-37-26(36)27(8-9-27)21-4-3-10-32-15-20(31-25(21)32)16-34-14-18(13-30-34)24(35)6-5-22-23-12-19(28)7-11-33(23)17-29-22/h3-4,7,10-15,17H,2,5-6,8-9,16H2,1H3. The van der Waals surface area contributed by atoms with Crippen LogP contribution in [-0.4, -0.2) is 46.9 Å². The third-order valence-electron chi connectivity index (χ3n) is 6.91. The molecule has 0 saturated heterocycles. The number of fused-ring (bicyclic) bond motifs is 2. The van der Waals surface area contributed by atoms with Crippen molar-refractivity contribution < 1.29 is 14.3 Å². The molecule has 9 nitrogen and oxygen atoms in total. The molecule has 0 atom stereocenters. The molecule has 10 heteroatoms. The van der Waals surface area contributed by atoms with E-state index in [-0.39, 0.29) is 11.8 Å². The van der Waals surface area contributed by atoms with E-state index in [1.165, 1.54) is 0 Å². The van der Waals surface area contributed by atoms with E-state index < -0.39 is 5.41 Å². The van der Waals surface area contributed by atoms with Crippen LogP contribution in [0.5, 0.6) is 0 Å². The lowest BCUT2D eigenvalue weighted by Gasteiger charge is -2.14. The number of imidazole rings is 2. The first kappa shape index (κ1) is 23.4. The quantitative estimate of drug-likeness (QED) is 0.214. The van der Waals surface area contributed by atoms with Gasteiger partial charge in [-0.1, -0.05) is 17.7 Å². The van der Waals surface area contributed by atoms with Gasteiger partial charge in [0, 0.05) is 41.8 Å². The number of Topliss-reactive ketones (excluding diaryl/α,β-unsaturated/α-hetero) is 1. The van der Waals surface area contributed by atoms with Crippen molar-refractivity contribution in [3.05, 3.63) is 89.1 Å². The highest BCUT2D eigenvalue weighted by Crippen LogP contribution is 2.50. The minimum atomic E-state index is -0.599. The van der Waals surface area contributed by atoms with E-state index in [0.717, 1.165) is 41.0 Å². The number of hydrogen-bond donors (Lipinski definition) is 0. The summed E-state index contributed by atoms with van der Waals surface area (Å²) in [6.07, 6.45) is 13.1. The Balaban J connectivity index is 1.16. The number of carbonyl (C=O) groups excluding carboxylic acids is 2. The number of ether oxygens (including phenoxy) is 1. The summed E-state index contributed by atoms with van der Waals surface area (Å²) >= 11 is 6.12. The number of pyridine rings is 2. The molecule has 1 aliphatic rings. The second-order valence-corrected chi connectivity index (χ2v) is 9.80. The maximum Gasteiger partial charge on any atom is 0.316 e. The van der Waals surface area contributed by atoms with Crippen LogP contribution in [0.4, 0.5) is 0 Å². The smallest absolute Gasteiger partial charge is 0.316 e. The number of ketones is 1. The number of rotatable bonds is 9. The molecule has 1 saturated carbocycles. The molecule has 5 aromatic heterocycles. The molecule has 0 unspecified atom stereocenters. The Morgan fingerprint density at radius 1 is 1.16 bits per heavy atom. The molecule has 0 aromatic carbocycles. The van der Waals surface area contributed by atoms with Crippen LogP contribution >= 0.6 is 11.6 Å². The summed E-state index contributed by atoms with van der Waals surface area (Å²) in [5.41, 5.74) is 4.11. The van der Waals surface area contributed by atoms with Gasteiger partial charge in [-0.15, -0.1) is 0 Å². The average Bonchev–Trinajstić information content (AvgIpc) is 3.20. The second kappa shape index (κ2) is 9.15. The summed E-state index contributed by atoms with van der Waals surface area (Å²) in [4.78, 5) is 34.7.